The summed E-state index contributed by atoms with van der Waals surface area (Å²) in [5.74, 6) is 0.698. The maximum absolute atomic E-state index is 5.90. The highest BCUT2D eigenvalue weighted by Crippen LogP contribution is 2.26. The number of imidazole rings is 1. The minimum Gasteiger partial charge on any atom is -0.307 e. The Kier molecular flexibility index (Phi) is 3.52. The Morgan fingerprint density at radius 3 is 2.94 bits per heavy atom. The lowest BCUT2D eigenvalue weighted by atomic mass is 9.91. The van der Waals surface area contributed by atoms with Gasteiger partial charge in [0.25, 0.3) is 0 Å². The molecule has 0 atom stereocenters. The average Bonchev–Trinajstić information content (AvgIpc) is 2.69. The molecule has 18 heavy (non-hydrogen) atoms. The van der Waals surface area contributed by atoms with E-state index in [1.54, 1.807) is 0 Å². The number of hydrogen-bond acceptors (Lipinski definition) is 2. The molecule has 0 saturated heterocycles. The van der Waals surface area contributed by atoms with Gasteiger partial charge in [0.05, 0.1) is 5.69 Å². The van der Waals surface area contributed by atoms with Crippen LogP contribution < -0.4 is 0 Å². The minimum absolute atomic E-state index is 0.698. The number of aromatic nitrogens is 2. The Balaban J connectivity index is 1.76. The van der Waals surface area contributed by atoms with Gasteiger partial charge in [-0.2, -0.15) is 0 Å². The van der Waals surface area contributed by atoms with Gasteiger partial charge in [-0.25, -0.2) is 4.98 Å². The van der Waals surface area contributed by atoms with E-state index >= 15 is 0 Å². The molecule has 2 aromatic heterocycles. The summed E-state index contributed by atoms with van der Waals surface area (Å²) in [6.07, 6.45) is 8.14. The number of fused-ring (bicyclic) bond motifs is 1. The molecule has 0 unspecified atom stereocenters. The summed E-state index contributed by atoms with van der Waals surface area (Å²) >= 11 is 5.90. The summed E-state index contributed by atoms with van der Waals surface area (Å²) in [6.45, 7) is 1.87. The van der Waals surface area contributed by atoms with E-state index in [-0.39, 0.29) is 0 Å². The second kappa shape index (κ2) is 5.29. The normalized spacial score (nSPS) is 16.3. The molecule has 1 saturated carbocycles. The standard InChI is InChI=1S/C14H18ClN3/c15-7-9-17(13-4-3-5-13)10-12-11-18-8-2-1-6-14(18)16-12/h1-2,6,8,11,13H,3-5,7,9-10H2. The van der Waals surface area contributed by atoms with E-state index < -0.39 is 0 Å². The zero-order chi connectivity index (χ0) is 12.4. The highest BCUT2D eigenvalue weighted by molar-refractivity contribution is 6.18. The van der Waals surface area contributed by atoms with Crippen molar-refractivity contribution in [1.82, 2.24) is 14.3 Å². The summed E-state index contributed by atoms with van der Waals surface area (Å²) in [5.41, 5.74) is 2.16. The van der Waals surface area contributed by atoms with Gasteiger partial charge in [0.15, 0.2) is 0 Å². The molecule has 4 heteroatoms. The van der Waals surface area contributed by atoms with Crippen LogP contribution in [0.1, 0.15) is 25.0 Å². The first-order chi connectivity index (χ1) is 8.86. The Hall–Kier alpha value is -1.06. The van der Waals surface area contributed by atoms with Crippen molar-refractivity contribution in [2.45, 2.75) is 31.8 Å². The van der Waals surface area contributed by atoms with Gasteiger partial charge < -0.3 is 4.40 Å². The topological polar surface area (TPSA) is 20.5 Å². The van der Waals surface area contributed by atoms with Crippen molar-refractivity contribution < 1.29 is 0 Å². The van der Waals surface area contributed by atoms with Gasteiger partial charge >= 0.3 is 0 Å². The lowest BCUT2D eigenvalue weighted by Gasteiger charge is -2.36. The molecule has 0 N–H and O–H groups in total. The Labute approximate surface area is 112 Å². The third kappa shape index (κ3) is 2.38. The van der Waals surface area contributed by atoms with Gasteiger partial charge in [-0.05, 0) is 25.0 Å². The molecule has 0 amide bonds. The highest BCUT2D eigenvalue weighted by Gasteiger charge is 2.24. The maximum atomic E-state index is 5.90. The lowest BCUT2D eigenvalue weighted by molar-refractivity contribution is 0.126. The SMILES string of the molecule is ClCCN(Cc1cn2ccccc2n1)C1CCC1. The minimum atomic E-state index is 0.698. The molecule has 96 valence electrons. The van der Waals surface area contributed by atoms with E-state index in [0.717, 1.165) is 24.4 Å². The first kappa shape index (κ1) is 12.0. The third-order valence-electron chi connectivity index (χ3n) is 3.74. The summed E-state index contributed by atoms with van der Waals surface area (Å²) in [5, 5.41) is 0. The van der Waals surface area contributed by atoms with Crippen LogP contribution in [0.4, 0.5) is 0 Å². The molecule has 0 aliphatic heterocycles. The molecular formula is C14H18ClN3. The Bertz CT molecular complexity index is 485. The van der Waals surface area contributed by atoms with E-state index in [1.165, 1.54) is 19.3 Å². The maximum Gasteiger partial charge on any atom is 0.137 e. The zero-order valence-electron chi connectivity index (χ0n) is 10.4. The van der Waals surface area contributed by atoms with E-state index in [4.69, 9.17) is 11.6 Å². The van der Waals surface area contributed by atoms with Crippen LogP contribution in [-0.2, 0) is 6.54 Å². The third-order valence-corrected chi connectivity index (χ3v) is 3.91. The number of nitrogens with zero attached hydrogens (tertiary/aromatic N) is 3. The molecule has 0 aromatic carbocycles. The zero-order valence-corrected chi connectivity index (χ0v) is 11.2. The van der Waals surface area contributed by atoms with Crippen molar-refractivity contribution in [2.24, 2.45) is 0 Å². The first-order valence-electron chi connectivity index (χ1n) is 6.59. The van der Waals surface area contributed by atoms with Crippen LogP contribution in [0.2, 0.25) is 0 Å². The molecule has 1 fully saturated rings. The van der Waals surface area contributed by atoms with Gasteiger partial charge in [-0.3, -0.25) is 4.90 Å². The van der Waals surface area contributed by atoms with Crippen molar-refractivity contribution in [3.05, 3.63) is 36.3 Å². The number of halogens is 1. The predicted octanol–water partition coefficient (Wildman–Crippen LogP) is 2.93. The van der Waals surface area contributed by atoms with Crippen molar-refractivity contribution in [2.75, 3.05) is 12.4 Å². The predicted molar refractivity (Wildman–Crippen MR) is 74.0 cm³/mol. The van der Waals surface area contributed by atoms with Gasteiger partial charge in [-0.15, -0.1) is 11.6 Å². The molecule has 3 rings (SSSR count). The van der Waals surface area contributed by atoms with Crippen LogP contribution in [0.3, 0.4) is 0 Å². The monoisotopic (exact) mass is 263 g/mol. The molecule has 0 radical (unpaired) electrons. The smallest absolute Gasteiger partial charge is 0.137 e. The summed E-state index contributed by atoms with van der Waals surface area (Å²) in [4.78, 5) is 7.12. The molecule has 3 nitrogen and oxygen atoms in total. The van der Waals surface area contributed by atoms with E-state index in [2.05, 4.69) is 20.5 Å². The van der Waals surface area contributed by atoms with Gasteiger partial charge in [-0.1, -0.05) is 12.5 Å². The second-order valence-electron chi connectivity index (χ2n) is 4.94. The van der Waals surface area contributed by atoms with E-state index in [9.17, 15) is 0 Å². The van der Waals surface area contributed by atoms with Crippen LogP contribution in [-0.4, -0.2) is 32.8 Å². The largest absolute Gasteiger partial charge is 0.307 e. The Morgan fingerprint density at radius 2 is 2.28 bits per heavy atom. The van der Waals surface area contributed by atoms with Crippen molar-refractivity contribution in [3.8, 4) is 0 Å². The van der Waals surface area contributed by atoms with Crippen LogP contribution in [0.15, 0.2) is 30.6 Å². The second-order valence-corrected chi connectivity index (χ2v) is 5.32. The molecule has 0 bridgehead atoms. The number of alkyl halides is 1. The summed E-state index contributed by atoms with van der Waals surface area (Å²) in [6, 6.07) is 6.81. The number of pyridine rings is 1. The molecule has 2 aromatic rings. The van der Waals surface area contributed by atoms with E-state index in [0.29, 0.717) is 11.9 Å². The summed E-state index contributed by atoms with van der Waals surface area (Å²) < 4.78 is 2.08. The van der Waals surface area contributed by atoms with Crippen LogP contribution in [0, 0.1) is 0 Å². The van der Waals surface area contributed by atoms with Gasteiger partial charge in [0, 0.05) is 37.4 Å². The van der Waals surface area contributed by atoms with Crippen LogP contribution in [0.5, 0.6) is 0 Å². The molecular weight excluding hydrogens is 246 g/mol. The lowest BCUT2D eigenvalue weighted by Crippen LogP contribution is -2.40. The summed E-state index contributed by atoms with van der Waals surface area (Å²) in [7, 11) is 0. The fraction of sp³-hybridized carbons (Fsp3) is 0.500. The van der Waals surface area contributed by atoms with Crippen LogP contribution in [0.25, 0.3) is 5.65 Å². The molecule has 1 aliphatic rings. The molecule has 2 heterocycles. The fourth-order valence-electron chi connectivity index (χ4n) is 2.52. The van der Waals surface area contributed by atoms with Gasteiger partial charge in [0.1, 0.15) is 5.65 Å². The number of hydrogen-bond donors (Lipinski definition) is 0. The molecule has 1 aliphatic carbocycles. The van der Waals surface area contributed by atoms with Gasteiger partial charge in [0.2, 0.25) is 0 Å². The Morgan fingerprint density at radius 1 is 1.39 bits per heavy atom. The quantitative estimate of drug-likeness (QED) is 0.774. The van der Waals surface area contributed by atoms with Crippen molar-refractivity contribution >= 4 is 17.2 Å². The van der Waals surface area contributed by atoms with Crippen molar-refractivity contribution in [1.29, 1.82) is 0 Å². The van der Waals surface area contributed by atoms with Crippen LogP contribution >= 0.6 is 11.6 Å². The molecule has 0 spiro atoms. The first-order valence-corrected chi connectivity index (χ1v) is 7.13. The van der Waals surface area contributed by atoms with E-state index in [1.807, 2.05) is 24.4 Å². The average molecular weight is 264 g/mol. The highest BCUT2D eigenvalue weighted by atomic mass is 35.5. The van der Waals surface area contributed by atoms with Crippen molar-refractivity contribution in [3.63, 3.8) is 0 Å². The fourth-order valence-corrected chi connectivity index (χ4v) is 2.74. The number of rotatable bonds is 5.